The number of nitrogens with zero attached hydrogens (tertiary/aromatic N) is 1. The fourth-order valence-corrected chi connectivity index (χ4v) is 11.8. The Kier molecular flexibility index (Phi) is 5.35. The van der Waals surface area contributed by atoms with Crippen molar-refractivity contribution in [2.75, 3.05) is 6.61 Å². The van der Waals surface area contributed by atoms with Crippen molar-refractivity contribution in [1.29, 1.82) is 0 Å². The zero-order valence-electron chi connectivity index (χ0n) is 19.2. The van der Waals surface area contributed by atoms with E-state index in [2.05, 4.69) is 69.3 Å². The fourth-order valence-electron chi connectivity index (χ4n) is 5.31. The summed E-state index contributed by atoms with van der Waals surface area (Å²) in [6, 6.07) is 27.9. The van der Waals surface area contributed by atoms with Crippen LogP contribution in [-0.4, -0.2) is 33.7 Å². The van der Waals surface area contributed by atoms with Gasteiger partial charge in [-0.05, 0) is 27.9 Å². The molecule has 0 unspecified atom stereocenters. The molecule has 2 heterocycles. The van der Waals surface area contributed by atoms with Gasteiger partial charge in [-0.2, -0.15) is 0 Å². The van der Waals surface area contributed by atoms with Gasteiger partial charge in [0, 0.05) is 5.56 Å². The SMILES string of the molecule is CC(C)(C)[Si](OC[C@@H]1CC=C2c3ccccc3S(=O)(=O)N21)(c1ccccc1)c1ccccc1. The van der Waals surface area contributed by atoms with Gasteiger partial charge < -0.3 is 4.43 Å². The molecule has 0 aliphatic carbocycles. The molecule has 33 heavy (non-hydrogen) atoms. The molecule has 5 rings (SSSR count). The molecular weight excluding hydrogens is 446 g/mol. The average molecular weight is 476 g/mol. The Hall–Kier alpha value is -2.67. The Morgan fingerprint density at radius 3 is 2.00 bits per heavy atom. The predicted molar refractivity (Wildman–Crippen MR) is 135 cm³/mol. The van der Waals surface area contributed by atoms with Crippen molar-refractivity contribution in [1.82, 2.24) is 4.31 Å². The van der Waals surface area contributed by atoms with Crippen molar-refractivity contribution in [2.24, 2.45) is 0 Å². The Labute approximate surface area is 197 Å². The van der Waals surface area contributed by atoms with Gasteiger partial charge in [-0.1, -0.05) is 106 Å². The molecule has 2 aliphatic rings. The van der Waals surface area contributed by atoms with E-state index in [9.17, 15) is 8.42 Å². The number of rotatable bonds is 5. The largest absolute Gasteiger partial charge is 0.405 e. The van der Waals surface area contributed by atoms with Crippen LogP contribution >= 0.6 is 0 Å². The van der Waals surface area contributed by atoms with E-state index in [-0.39, 0.29) is 11.1 Å². The van der Waals surface area contributed by atoms with E-state index in [0.717, 1.165) is 11.3 Å². The van der Waals surface area contributed by atoms with Gasteiger partial charge in [-0.3, -0.25) is 4.31 Å². The lowest BCUT2D eigenvalue weighted by Crippen LogP contribution is -2.67. The normalized spacial score (nSPS) is 19.2. The van der Waals surface area contributed by atoms with Gasteiger partial charge in [0.25, 0.3) is 18.3 Å². The summed E-state index contributed by atoms with van der Waals surface area (Å²) in [4.78, 5) is 0.395. The zero-order valence-corrected chi connectivity index (χ0v) is 21.0. The summed E-state index contributed by atoms with van der Waals surface area (Å²) in [5.74, 6) is 0. The van der Waals surface area contributed by atoms with Crippen molar-refractivity contribution in [3.63, 3.8) is 0 Å². The predicted octanol–water partition coefficient (Wildman–Crippen LogP) is 4.38. The van der Waals surface area contributed by atoms with Crippen LogP contribution in [0.15, 0.2) is 95.9 Å². The molecule has 1 atom stereocenters. The maximum absolute atomic E-state index is 13.4. The van der Waals surface area contributed by atoms with Crippen LogP contribution < -0.4 is 10.4 Å². The van der Waals surface area contributed by atoms with E-state index in [1.54, 1.807) is 16.4 Å². The molecule has 0 saturated carbocycles. The molecule has 0 saturated heterocycles. The summed E-state index contributed by atoms with van der Waals surface area (Å²) in [5.41, 5.74) is 1.59. The van der Waals surface area contributed by atoms with Gasteiger partial charge >= 0.3 is 0 Å². The molecule has 6 heteroatoms. The third-order valence-electron chi connectivity index (χ3n) is 6.76. The number of benzene rings is 3. The molecule has 0 bridgehead atoms. The monoisotopic (exact) mass is 475 g/mol. The summed E-state index contributed by atoms with van der Waals surface area (Å²) >= 11 is 0. The first-order chi connectivity index (χ1) is 15.8. The average Bonchev–Trinajstić information content (AvgIpc) is 3.33. The summed E-state index contributed by atoms with van der Waals surface area (Å²) in [7, 11) is -6.30. The van der Waals surface area contributed by atoms with Crippen molar-refractivity contribution < 1.29 is 12.8 Å². The molecule has 3 aromatic carbocycles. The van der Waals surface area contributed by atoms with Crippen LogP contribution in [0.4, 0.5) is 0 Å². The second-order valence-corrected chi connectivity index (χ2v) is 15.8. The lowest BCUT2D eigenvalue weighted by Gasteiger charge is -2.44. The second-order valence-electron chi connectivity index (χ2n) is 9.75. The summed E-state index contributed by atoms with van der Waals surface area (Å²) in [5, 5.41) is 2.24. The number of hydrogen-bond donors (Lipinski definition) is 0. The molecule has 0 aromatic heterocycles. The van der Waals surface area contributed by atoms with Crippen LogP contribution in [0.2, 0.25) is 5.04 Å². The van der Waals surface area contributed by atoms with Crippen molar-refractivity contribution in [3.05, 3.63) is 96.6 Å². The molecule has 4 nitrogen and oxygen atoms in total. The second kappa shape index (κ2) is 7.97. The molecule has 0 N–H and O–H groups in total. The Morgan fingerprint density at radius 1 is 0.879 bits per heavy atom. The maximum Gasteiger partial charge on any atom is 0.265 e. The molecular formula is C27H29NO3SSi. The van der Waals surface area contributed by atoms with E-state index in [0.29, 0.717) is 17.9 Å². The van der Waals surface area contributed by atoms with Gasteiger partial charge in [-0.15, -0.1) is 0 Å². The topological polar surface area (TPSA) is 46.6 Å². The first kappa shape index (κ1) is 22.1. The smallest absolute Gasteiger partial charge is 0.265 e. The van der Waals surface area contributed by atoms with Crippen LogP contribution in [0.3, 0.4) is 0 Å². The number of sulfonamides is 1. The highest BCUT2D eigenvalue weighted by Crippen LogP contribution is 2.45. The van der Waals surface area contributed by atoms with Gasteiger partial charge in [0.05, 0.1) is 23.2 Å². The third-order valence-corrected chi connectivity index (χ3v) is 13.7. The summed E-state index contributed by atoms with van der Waals surface area (Å²) in [6.45, 7) is 7.06. The Bertz CT molecular complexity index is 1260. The van der Waals surface area contributed by atoms with Crippen LogP contribution in [0.1, 0.15) is 32.8 Å². The molecule has 170 valence electrons. The highest BCUT2D eigenvalue weighted by molar-refractivity contribution is 7.90. The van der Waals surface area contributed by atoms with Crippen LogP contribution in [0, 0.1) is 0 Å². The molecule has 0 fully saturated rings. The van der Waals surface area contributed by atoms with Crippen LogP contribution in [0.25, 0.3) is 5.70 Å². The lowest BCUT2D eigenvalue weighted by molar-refractivity contribution is 0.234. The first-order valence-electron chi connectivity index (χ1n) is 11.4. The minimum absolute atomic E-state index is 0.155. The van der Waals surface area contributed by atoms with E-state index in [4.69, 9.17) is 4.43 Å². The highest BCUT2D eigenvalue weighted by Gasteiger charge is 2.52. The van der Waals surface area contributed by atoms with Crippen molar-refractivity contribution in [3.8, 4) is 0 Å². The lowest BCUT2D eigenvalue weighted by atomic mass is 10.1. The van der Waals surface area contributed by atoms with Gasteiger partial charge in [0.2, 0.25) is 0 Å². The highest BCUT2D eigenvalue weighted by atomic mass is 32.2. The van der Waals surface area contributed by atoms with Crippen LogP contribution in [0.5, 0.6) is 0 Å². The molecule has 0 spiro atoms. The number of fused-ring (bicyclic) bond motifs is 3. The summed E-state index contributed by atoms with van der Waals surface area (Å²) in [6.07, 6.45) is 2.70. The van der Waals surface area contributed by atoms with Crippen molar-refractivity contribution in [2.45, 2.75) is 43.2 Å². The minimum Gasteiger partial charge on any atom is -0.405 e. The Balaban J connectivity index is 1.54. The molecule has 3 aromatic rings. The first-order valence-corrected chi connectivity index (χ1v) is 14.7. The van der Waals surface area contributed by atoms with E-state index in [1.165, 1.54) is 10.4 Å². The van der Waals surface area contributed by atoms with E-state index < -0.39 is 18.3 Å². The Morgan fingerprint density at radius 2 is 1.42 bits per heavy atom. The molecule has 2 aliphatic heterocycles. The van der Waals surface area contributed by atoms with Gasteiger partial charge in [0.1, 0.15) is 0 Å². The molecule has 0 radical (unpaired) electrons. The number of hydrogen-bond acceptors (Lipinski definition) is 3. The zero-order chi connectivity index (χ0) is 23.3. The third kappa shape index (κ3) is 3.39. The van der Waals surface area contributed by atoms with Crippen molar-refractivity contribution >= 4 is 34.4 Å². The summed E-state index contributed by atoms with van der Waals surface area (Å²) < 4.78 is 35.4. The van der Waals surface area contributed by atoms with Gasteiger partial charge in [0.15, 0.2) is 0 Å². The van der Waals surface area contributed by atoms with Crippen LogP contribution in [-0.2, 0) is 14.4 Å². The maximum atomic E-state index is 13.4. The van der Waals surface area contributed by atoms with E-state index in [1.807, 2.05) is 30.3 Å². The van der Waals surface area contributed by atoms with E-state index >= 15 is 0 Å². The van der Waals surface area contributed by atoms with Gasteiger partial charge in [-0.25, -0.2) is 8.42 Å². The quantitative estimate of drug-likeness (QED) is 0.515. The molecule has 0 amide bonds. The standard InChI is InChI=1S/C27H29NO3SSi/c1-27(2,3)33(22-12-6-4-7-13-22,23-14-8-5-9-15-23)31-20-21-18-19-25-24-16-10-11-17-26(24)32(29,30)28(21)25/h4-17,19,21H,18,20H2,1-3H3/t21-/m0/s1. The fraction of sp³-hybridized carbons (Fsp3) is 0.259. The minimum atomic E-state index is -3.56.